The van der Waals surface area contributed by atoms with Crippen molar-refractivity contribution in [3.8, 4) is 5.75 Å². The van der Waals surface area contributed by atoms with Crippen LogP contribution >= 0.6 is 0 Å². The first-order valence-corrected chi connectivity index (χ1v) is 6.33. The second-order valence-corrected chi connectivity index (χ2v) is 4.79. The van der Waals surface area contributed by atoms with Crippen molar-refractivity contribution < 1.29 is 9.90 Å². The van der Waals surface area contributed by atoms with Gasteiger partial charge in [-0.2, -0.15) is 0 Å². The minimum atomic E-state index is -0.252. The number of aromatic nitrogens is 1. The molecule has 5 nitrogen and oxygen atoms in total. The second-order valence-electron chi connectivity index (χ2n) is 4.79. The van der Waals surface area contributed by atoms with E-state index < -0.39 is 0 Å². The van der Waals surface area contributed by atoms with Gasteiger partial charge >= 0.3 is 0 Å². The monoisotopic (exact) mass is 249 g/mol. The number of aromatic hydroxyl groups is 1. The van der Waals surface area contributed by atoms with Gasteiger partial charge in [-0.15, -0.1) is 0 Å². The van der Waals surface area contributed by atoms with Gasteiger partial charge in [-0.3, -0.25) is 9.78 Å². The van der Waals surface area contributed by atoms with Crippen molar-refractivity contribution in [2.24, 2.45) is 17.6 Å². The molecule has 1 aliphatic carbocycles. The summed E-state index contributed by atoms with van der Waals surface area (Å²) in [5, 5.41) is 12.4. The molecular formula is C13H19N3O2. The first kappa shape index (κ1) is 12.8. The Bertz CT molecular complexity index is 422. The zero-order chi connectivity index (χ0) is 13.0. The Morgan fingerprint density at radius 2 is 2.28 bits per heavy atom. The first-order chi connectivity index (χ1) is 8.72. The molecule has 1 aliphatic rings. The molecule has 18 heavy (non-hydrogen) atoms. The maximum atomic E-state index is 11.9. The van der Waals surface area contributed by atoms with Gasteiger partial charge in [-0.05, 0) is 37.3 Å². The highest BCUT2D eigenvalue weighted by molar-refractivity contribution is 5.96. The van der Waals surface area contributed by atoms with Crippen LogP contribution in [0.5, 0.6) is 5.75 Å². The number of pyridine rings is 1. The molecule has 5 heteroatoms. The number of hydrogen-bond donors (Lipinski definition) is 3. The Labute approximate surface area is 106 Å². The molecule has 4 N–H and O–H groups in total. The Hall–Kier alpha value is -1.62. The van der Waals surface area contributed by atoms with Crippen molar-refractivity contribution in [1.82, 2.24) is 10.3 Å². The molecule has 98 valence electrons. The van der Waals surface area contributed by atoms with Crippen LogP contribution in [-0.2, 0) is 0 Å². The molecule has 0 aliphatic heterocycles. The van der Waals surface area contributed by atoms with Crippen LogP contribution in [0.1, 0.15) is 29.6 Å². The van der Waals surface area contributed by atoms with Gasteiger partial charge in [0.1, 0.15) is 5.75 Å². The van der Waals surface area contributed by atoms with Gasteiger partial charge in [0.05, 0.1) is 11.8 Å². The maximum absolute atomic E-state index is 11.9. The van der Waals surface area contributed by atoms with Crippen molar-refractivity contribution in [3.63, 3.8) is 0 Å². The third kappa shape index (κ3) is 2.79. The van der Waals surface area contributed by atoms with E-state index in [0.29, 0.717) is 24.9 Å². The van der Waals surface area contributed by atoms with E-state index in [2.05, 4.69) is 10.3 Å². The molecule has 0 spiro atoms. The van der Waals surface area contributed by atoms with Crippen molar-refractivity contribution >= 4 is 5.91 Å². The van der Waals surface area contributed by atoms with Crippen LogP contribution in [-0.4, -0.2) is 29.1 Å². The lowest BCUT2D eigenvalue weighted by Crippen LogP contribution is -2.32. The van der Waals surface area contributed by atoms with Crippen molar-refractivity contribution in [2.45, 2.75) is 19.3 Å². The minimum Gasteiger partial charge on any atom is -0.505 e. The van der Waals surface area contributed by atoms with Crippen LogP contribution in [0.25, 0.3) is 0 Å². The number of nitrogens with one attached hydrogen (secondary N) is 1. The van der Waals surface area contributed by atoms with Crippen LogP contribution in [0.2, 0.25) is 0 Å². The number of carbonyl (C=O) groups is 1. The van der Waals surface area contributed by atoms with Crippen LogP contribution in [0, 0.1) is 11.8 Å². The van der Waals surface area contributed by atoms with E-state index >= 15 is 0 Å². The number of amides is 1. The van der Waals surface area contributed by atoms with Crippen molar-refractivity contribution in [2.75, 3.05) is 13.1 Å². The molecule has 1 fully saturated rings. The quantitative estimate of drug-likeness (QED) is 0.739. The highest BCUT2D eigenvalue weighted by Crippen LogP contribution is 2.30. The van der Waals surface area contributed by atoms with Gasteiger partial charge in [0.15, 0.2) is 0 Å². The molecule has 2 atom stereocenters. The number of rotatable bonds is 4. The second kappa shape index (κ2) is 5.82. The van der Waals surface area contributed by atoms with Crippen LogP contribution in [0.4, 0.5) is 0 Å². The molecule has 1 aromatic heterocycles. The molecule has 0 radical (unpaired) electrons. The van der Waals surface area contributed by atoms with Crippen LogP contribution < -0.4 is 11.1 Å². The molecule has 1 aromatic rings. The Morgan fingerprint density at radius 1 is 1.50 bits per heavy atom. The lowest BCUT2D eigenvalue weighted by molar-refractivity contribution is 0.0941. The van der Waals surface area contributed by atoms with Gasteiger partial charge in [-0.1, -0.05) is 6.42 Å². The summed E-state index contributed by atoms with van der Waals surface area (Å²) >= 11 is 0. The molecule has 1 saturated carbocycles. The van der Waals surface area contributed by atoms with Gasteiger partial charge in [0.25, 0.3) is 5.91 Å². The van der Waals surface area contributed by atoms with E-state index in [9.17, 15) is 9.90 Å². The van der Waals surface area contributed by atoms with Gasteiger partial charge < -0.3 is 16.2 Å². The van der Waals surface area contributed by atoms with E-state index in [0.717, 1.165) is 12.8 Å². The average molecular weight is 249 g/mol. The fraction of sp³-hybridized carbons (Fsp3) is 0.538. The number of nitrogens with zero attached hydrogens (tertiary/aromatic N) is 1. The molecule has 2 rings (SSSR count). The van der Waals surface area contributed by atoms with Gasteiger partial charge in [-0.25, -0.2) is 0 Å². The molecular weight excluding hydrogens is 230 g/mol. The van der Waals surface area contributed by atoms with E-state index in [-0.39, 0.29) is 17.2 Å². The van der Waals surface area contributed by atoms with Crippen LogP contribution in [0.3, 0.4) is 0 Å². The van der Waals surface area contributed by atoms with Crippen LogP contribution in [0.15, 0.2) is 18.5 Å². The normalized spacial score (nSPS) is 22.9. The number of carbonyl (C=O) groups excluding carboxylic acids is 1. The van der Waals surface area contributed by atoms with Crippen molar-refractivity contribution in [1.29, 1.82) is 0 Å². The maximum Gasteiger partial charge on any atom is 0.255 e. The largest absolute Gasteiger partial charge is 0.505 e. The molecule has 1 heterocycles. The molecule has 1 amide bonds. The third-order valence-electron chi connectivity index (χ3n) is 3.69. The smallest absolute Gasteiger partial charge is 0.255 e. The summed E-state index contributed by atoms with van der Waals surface area (Å²) in [6, 6.07) is 1.51. The zero-order valence-corrected chi connectivity index (χ0v) is 10.3. The zero-order valence-electron chi connectivity index (χ0n) is 10.3. The van der Waals surface area contributed by atoms with Crippen molar-refractivity contribution in [3.05, 3.63) is 24.0 Å². The Morgan fingerprint density at radius 3 is 3.00 bits per heavy atom. The summed E-state index contributed by atoms with van der Waals surface area (Å²) < 4.78 is 0. The summed E-state index contributed by atoms with van der Waals surface area (Å²) in [6.45, 7) is 1.31. The van der Waals surface area contributed by atoms with E-state index in [1.165, 1.54) is 24.9 Å². The summed E-state index contributed by atoms with van der Waals surface area (Å²) in [5.41, 5.74) is 5.98. The van der Waals surface area contributed by atoms with E-state index in [1.807, 2.05) is 0 Å². The predicted molar refractivity (Wildman–Crippen MR) is 68.1 cm³/mol. The standard InChI is InChI=1S/C13H19N3O2/c14-6-9-2-1-3-10(9)7-16-13(18)11-4-5-15-8-12(11)17/h4-5,8-10,17H,1-3,6-7,14H2,(H,16,18). The highest BCUT2D eigenvalue weighted by Gasteiger charge is 2.26. The average Bonchev–Trinajstić information content (AvgIpc) is 2.84. The Kier molecular flexibility index (Phi) is 4.15. The lowest BCUT2D eigenvalue weighted by atomic mass is 9.96. The number of hydrogen-bond acceptors (Lipinski definition) is 4. The third-order valence-corrected chi connectivity index (χ3v) is 3.69. The SMILES string of the molecule is NCC1CCCC1CNC(=O)c1ccncc1O. The molecule has 0 bridgehead atoms. The lowest BCUT2D eigenvalue weighted by Gasteiger charge is -2.18. The highest BCUT2D eigenvalue weighted by atomic mass is 16.3. The summed E-state index contributed by atoms with van der Waals surface area (Å²) in [6.07, 6.45) is 6.21. The summed E-state index contributed by atoms with van der Waals surface area (Å²) in [7, 11) is 0. The number of nitrogens with two attached hydrogens (primary N) is 1. The van der Waals surface area contributed by atoms with Gasteiger partial charge in [0, 0.05) is 12.7 Å². The minimum absolute atomic E-state index is 0.0863. The summed E-state index contributed by atoms with van der Waals surface area (Å²) in [5.74, 6) is 0.633. The van der Waals surface area contributed by atoms with E-state index in [4.69, 9.17) is 5.73 Å². The topological polar surface area (TPSA) is 88.2 Å². The first-order valence-electron chi connectivity index (χ1n) is 6.33. The van der Waals surface area contributed by atoms with Gasteiger partial charge in [0.2, 0.25) is 0 Å². The fourth-order valence-electron chi connectivity index (χ4n) is 2.59. The molecule has 0 saturated heterocycles. The molecule has 2 unspecified atom stereocenters. The molecule has 0 aromatic carbocycles. The van der Waals surface area contributed by atoms with E-state index in [1.54, 1.807) is 0 Å². The Balaban J connectivity index is 1.91. The fourth-order valence-corrected chi connectivity index (χ4v) is 2.59. The predicted octanol–water partition coefficient (Wildman–Crippen LogP) is 0.892. The summed E-state index contributed by atoms with van der Waals surface area (Å²) in [4.78, 5) is 15.6.